The molecular formula is C14H19BrClNO. The lowest BCUT2D eigenvalue weighted by atomic mass is 9.95. The van der Waals surface area contributed by atoms with E-state index >= 15 is 0 Å². The van der Waals surface area contributed by atoms with Gasteiger partial charge in [-0.3, -0.25) is 4.79 Å². The molecular weight excluding hydrogens is 314 g/mol. The van der Waals surface area contributed by atoms with Crippen LogP contribution in [0.4, 0.5) is 0 Å². The van der Waals surface area contributed by atoms with E-state index in [4.69, 9.17) is 11.6 Å². The predicted octanol–water partition coefficient (Wildman–Crippen LogP) is 4.66. The Bertz CT molecular complexity index is 418. The zero-order valence-corrected chi connectivity index (χ0v) is 13.3. The Hall–Kier alpha value is -0.540. The molecule has 0 aliphatic heterocycles. The first-order chi connectivity index (χ1) is 8.49. The second kappa shape index (κ2) is 7.15. The molecule has 0 heterocycles. The maximum absolute atomic E-state index is 12.1. The van der Waals surface area contributed by atoms with E-state index in [1.807, 2.05) is 0 Å². The highest BCUT2D eigenvalue weighted by molar-refractivity contribution is 9.10. The number of halogens is 2. The number of amides is 1. The van der Waals surface area contributed by atoms with Crippen LogP contribution in [0.3, 0.4) is 0 Å². The second-order valence-electron chi connectivity index (χ2n) is 4.46. The number of hydrogen-bond donors (Lipinski definition) is 1. The molecule has 1 atom stereocenters. The standard InChI is InChI=1S/C14H19BrClNO/c1-4-10(5-2)9(3)17-14(18)12-7-6-11(16)8-13(12)15/h6-10H,4-5H2,1-3H3,(H,17,18). The van der Waals surface area contributed by atoms with Crippen LogP contribution in [0.5, 0.6) is 0 Å². The molecule has 0 saturated heterocycles. The maximum Gasteiger partial charge on any atom is 0.252 e. The Kier molecular flexibility index (Phi) is 6.16. The number of hydrogen-bond acceptors (Lipinski definition) is 1. The molecule has 0 aliphatic carbocycles. The van der Waals surface area contributed by atoms with Crippen molar-refractivity contribution < 1.29 is 4.79 Å². The lowest BCUT2D eigenvalue weighted by molar-refractivity contribution is 0.0924. The molecule has 0 bridgehead atoms. The largest absolute Gasteiger partial charge is 0.349 e. The predicted molar refractivity (Wildman–Crippen MR) is 80.2 cm³/mol. The van der Waals surface area contributed by atoms with Crippen LogP contribution in [-0.4, -0.2) is 11.9 Å². The number of rotatable bonds is 5. The molecule has 0 aromatic heterocycles. The van der Waals surface area contributed by atoms with Gasteiger partial charge in [0.2, 0.25) is 0 Å². The molecule has 100 valence electrons. The van der Waals surface area contributed by atoms with Gasteiger partial charge >= 0.3 is 0 Å². The van der Waals surface area contributed by atoms with Crippen molar-refractivity contribution in [3.8, 4) is 0 Å². The highest BCUT2D eigenvalue weighted by Crippen LogP contribution is 2.22. The zero-order chi connectivity index (χ0) is 13.7. The first-order valence-electron chi connectivity index (χ1n) is 6.25. The fourth-order valence-corrected chi connectivity index (χ4v) is 2.93. The van der Waals surface area contributed by atoms with E-state index in [1.54, 1.807) is 18.2 Å². The lowest BCUT2D eigenvalue weighted by Crippen LogP contribution is -2.37. The SMILES string of the molecule is CCC(CC)C(C)NC(=O)c1ccc(Cl)cc1Br. The summed E-state index contributed by atoms with van der Waals surface area (Å²) in [5, 5.41) is 3.66. The average Bonchev–Trinajstić information content (AvgIpc) is 2.30. The molecule has 1 N–H and O–H groups in total. The molecule has 1 aromatic carbocycles. The summed E-state index contributed by atoms with van der Waals surface area (Å²) in [4.78, 5) is 12.1. The summed E-state index contributed by atoms with van der Waals surface area (Å²) in [5.74, 6) is 0.456. The molecule has 0 fully saturated rings. The van der Waals surface area contributed by atoms with E-state index in [9.17, 15) is 4.79 Å². The Labute approximate surface area is 122 Å². The van der Waals surface area contributed by atoms with Crippen LogP contribution in [0.2, 0.25) is 5.02 Å². The minimum absolute atomic E-state index is 0.0575. The topological polar surface area (TPSA) is 29.1 Å². The molecule has 18 heavy (non-hydrogen) atoms. The van der Waals surface area contributed by atoms with Crippen molar-refractivity contribution >= 4 is 33.4 Å². The van der Waals surface area contributed by atoms with E-state index in [-0.39, 0.29) is 11.9 Å². The van der Waals surface area contributed by atoms with Crippen molar-refractivity contribution in [2.75, 3.05) is 0 Å². The first-order valence-corrected chi connectivity index (χ1v) is 7.42. The number of benzene rings is 1. The van der Waals surface area contributed by atoms with Crippen LogP contribution in [0.15, 0.2) is 22.7 Å². The molecule has 4 heteroatoms. The van der Waals surface area contributed by atoms with Gasteiger partial charge in [-0.2, -0.15) is 0 Å². The monoisotopic (exact) mass is 331 g/mol. The fraction of sp³-hybridized carbons (Fsp3) is 0.500. The minimum Gasteiger partial charge on any atom is -0.349 e. The van der Waals surface area contributed by atoms with Gasteiger partial charge in [-0.15, -0.1) is 0 Å². The Morgan fingerprint density at radius 2 is 2.00 bits per heavy atom. The smallest absolute Gasteiger partial charge is 0.252 e. The van der Waals surface area contributed by atoms with Crippen molar-refractivity contribution in [1.29, 1.82) is 0 Å². The van der Waals surface area contributed by atoms with E-state index in [1.165, 1.54) is 0 Å². The van der Waals surface area contributed by atoms with Crippen molar-refractivity contribution in [1.82, 2.24) is 5.32 Å². The third kappa shape index (κ3) is 3.99. The summed E-state index contributed by atoms with van der Waals surface area (Å²) in [5.41, 5.74) is 0.622. The van der Waals surface area contributed by atoms with Crippen molar-refractivity contribution in [2.45, 2.75) is 39.7 Å². The fourth-order valence-electron chi connectivity index (χ4n) is 2.07. The van der Waals surface area contributed by atoms with Crippen LogP contribution in [0.25, 0.3) is 0 Å². The summed E-state index contributed by atoms with van der Waals surface area (Å²) in [6.07, 6.45) is 2.14. The summed E-state index contributed by atoms with van der Waals surface area (Å²) in [7, 11) is 0. The molecule has 2 nitrogen and oxygen atoms in total. The van der Waals surface area contributed by atoms with Gasteiger partial charge in [0.15, 0.2) is 0 Å². The van der Waals surface area contributed by atoms with Gasteiger partial charge in [0.05, 0.1) is 5.56 Å². The van der Waals surface area contributed by atoms with Gasteiger partial charge in [0.1, 0.15) is 0 Å². The lowest BCUT2D eigenvalue weighted by Gasteiger charge is -2.22. The third-order valence-electron chi connectivity index (χ3n) is 3.29. The van der Waals surface area contributed by atoms with Gasteiger partial charge in [0.25, 0.3) is 5.91 Å². The van der Waals surface area contributed by atoms with E-state index in [2.05, 4.69) is 42.0 Å². The molecule has 0 spiro atoms. The summed E-state index contributed by atoms with van der Waals surface area (Å²) in [6, 6.07) is 5.37. The Morgan fingerprint density at radius 1 is 1.39 bits per heavy atom. The Balaban J connectivity index is 2.76. The van der Waals surface area contributed by atoms with Crippen molar-refractivity contribution in [3.63, 3.8) is 0 Å². The Morgan fingerprint density at radius 3 is 2.50 bits per heavy atom. The molecule has 1 unspecified atom stereocenters. The number of carbonyl (C=O) groups is 1. The van der Waals surface area contributed by atoms with Crippen LogP contribution < -0.4 is 5.32 Å². The molecule has 1 rings (SSSR count). The summed E-state index contributed by atoms with van der Waals surface area (Å²) in [6.45, 7) is 6.35. The van der Waals surface area contributed by atoms with E-state index in [0.717, 1.165) is 17.3 Å². The van der Waals surface area contributed by atoms with Crippen LogP contribution >= 0.6 is 27.5 Å². The highest BCUT2D eigenvalue weighted by Gasteiger charge is 2.18. The molecule has 0 aliphatic rings. The second-order valence-corrected chi connectivity index (χ2v) is 5.75. The normalized spacial score (nSPS) is 12.6. The van der Waals surface area contributed by atoms with Gasteiger partial charge in [-0.1, -0.05) is 38.3 Å². The minimum atomic E-state index is -0.0575. The quantitative estimate of drug-likeness (QED) is 0.835. The van der Waals surface area contributed by atoms with E-state index in [0.29, 0.717) is 16.5 Å². The molecule has 1 amide bonds. The highest BCUT2D eigenvalue weighted by atomic mass is 79.9. The molecule has 0 radical (unpaired) electrons. The molecule has 1 aromatic rings. The van der Waals surface area contributed by atoms with Crippen LogP contribution in [0.1, 0.15) is 44.0 Å². The van der Waals surface area contributed by atoms with Crippen LogP contribution in [-0.2, 0) is 0 Å². The zero-order valence-electron chi connectivity index (χ0n) is 11.0. The maximum atomic E-state index is 12.1. The average molecular weight is 333 g/mol. The van der Waals surface area contributed by atoms with Gasteiger partial charge in [-0.25, -0.2) is 0 Å². The van der Waals surface area contributed by atoms with Gasteiger partial charge < -0.3 is 5.32 Å². The number of nitrogens with one attached hydrogen (secondary N) is 1. The van der Waals surface area contributed by atoms with Crippen molar-refractivity contribution in [2.24, 2.45) is 5.92 Å². The van der Waals surface area contributed by atoms with Crippen LogP contribution in [0, 0.1) is 5.92 Å². The number of carbonyl (C=O) groups excluding carboxylic acids is 1. The summed E-state index contributed by atoms with van der Waals surface area (Å²) >= 11 is 9.22. The van der Waals surface area contributed by atoms with Crippen molar-refractivity contribution in [3.05, 3.63) is 33.3 Å². The first kappa shape index (κ1) is 15.5. The third-order valence-corrected chi connectivity index (χ3v) is 4.18. The summed E-state index contributed by atoms with van der Waals surface area (Å²) < 4.78 is 0.726. The van der Waals surface area contributed by atoms with E-state index < -0.39 is 0 Å². The van der Waals surface area contributed by atoms with Gasteiger partial charge in [0, 0.05) is 15.5 Å². The molecule has 0 saturated carbocycles. The van der Waals surface area contributed by atoms with Gasteiger partial charge in [-0.05, 0) is 47.0 Å².